The fraction of sp³-hybridized carbons (Fsp3) is 0.231. The van der Waals surface area contributed by atoms with Crippen LogP contribution in [0.25, 0.3) is 0 Å². The van der Waals surface area contributed by atoms with E-state index in [0.717, 1.165) is 6.42 Å². The van der Waals surface area contributed by atoms with Crippen LogP contribution in [0.15, 0.2) is 48.8 Å². The van der Waals surface area contributed by atoms with Crippen molar-refractivity contribution in [3.63, 3.8) is 0 Å². The minimum absolute atomic E-state index is 0.324. The molecule has 0 fully saturated rings. The molecule has 1 unspecified atom stereocenters. The molecule has 0 spiro atoms. The standard InChI is InChI=1S/C13H15N3/c1-11(10-12-6-3-2-4-7-12)16-13-14-8-5-9-15-13/h2-9,11H,10H2,1H3,(H,14,15,16). The van der Waals surface area contributed by atoms with E-state index in [1.54, 1.807) is 12.4 Å². The lowest BCUT2D eigenvalue weighted by Gasteiger charge is -2.13. The summed E-state index contributed by atoms with van der Waals surface area (Å²) in [5, 5.41) is 3.27. The molecule has 3 heteroatoms. The van der Waals surface area contributed by atoms with Crippen LogP contribution in [-0.2, 0) is 6.42 Å². The maximum absolute atomic E-state index is 4.14. The summed E-state index contributed by atoms with van der Waals surface area (Å²) in [4.78, 5) is 8.28. The average Bonchev–Trinajstić information content (AvgIpc) is 2.31. The number of benzene rings is 1. The predicted octanol–water partition coefficient (Wildman–Crippen LogP) is 2.52. The van der Waals surface area contributed by atoms with Crippen LogP contribution in [0.4, 0.5) is 5.95 Å². The number of nitrogens with zero attached hydrogens (tertiary/aromatic N) is 2. The molecule has 0 bridgehead atoms. The van der Waals surface area contributed by atoms with Gasteiger partial charge in [-0.2, -0.15) is 0 Å². The van der Waals surface area contributed by atoms with Gasteiger partial charge >= 0.3 is 0 Å². The highest BCUT2D eigenvalue weighted by Crippen LogP contribution is 2.06. The van der Waals surface area contributed by atoms with Crippen LogP contribution < -0.4 is 5.32 Å². The smallest absolute Gasteiger partial charge is 0.222 e. The highest BCUT2D eigenvalue weighted by Gasteiger charge is 2.03. The molecule has 3 nitrogen and oxygen atoms in total. The zero-order valence-electron chi connectivity index (χ0n) is 9.30. The number of anilines is 1. The SMILES string of the molecule is CC(Cc1ccccc1)Nc1ncccn1. The largest absolute Gasteiger partial charge is 0.351 e. The van der Waals surface area contributed by atoms with Gasteiger partial charge in [0.05, 0.1) is 0 Å². The van der Waals surface area contributed by atoms with Crippen LogP contribution in [-0.4, -0.2) is 16.0 Å². The third-order valence-corrected chi connectivity index (χ3v) is 2.33. The van der Waals surface area contributed by atoms with E-state index in [4.69, 9.17) is 0 Å². The van der Waals surface area contributed by atoms with E-state index < -0.39 is 0 Å². The third-order valence-electron chi connectivity index (χ3n) is 2.33. The highest BCUT2D eigenvalue weighted by molar-refractivity contribution is 5.26. The summed E-state index contributed by atoms with van der Waals surface area (Å²) in [6, 6.07) is 12.5. The molecule has 0 saturated carbocycles. The monoisotopic (exact) mass is 213 g/mol. The first-order chi connectivity index (χ1) is 7.84. The second-order valence-electron chi connectivity index (χ2n) is 3.81. The molecule has 1 aromatic carbocycles. The summed E-state index contributed by atoms with van der Waals surface area (Å²) in [6.45, 7) is 2.13. The number of nitrogens with one attached hydrogen (secondary N) is 1. The molecule has 0 saturated heterocycles. The molecule has 0 aliphatic carbocycles. The first-order valence-electron chi connectivity index (χ1n) is 5.42. The van der Waals surface area contributed by atoms with Gasteiger partial charge in [-0.3, -0.25) is 0 Å². The second-order valence-corrected chi connectivity index (χ2v) is 3.81. The molecule has 82 valence electrons. The highest BCUT2D eigenvalue weighted by atomic mass is 15.1. The Morgan fingerprint density at radius 1 is 1.06 bits per heavy atom. The summed E-state index contributed by atoms with van der Waals surface area (Å²) in [7, 11) is 0. The van der Waals surface area contributed by atoms with Gasteiger partial charge < -0.3 is 5.32 Å². The summed E-state index contributed by atoms with van der Waals surface area (Å²) in [6.07, 6.45) is 4.45. The normalized spacial score (nSPS) is 12.1. The van der Waals surface area contributed by atoms with Crippen molar-refractivity contribution in [2.75, 3.05) is 5.32 Å². The summed E-state index contributed by atoms with van der Waals surface area (Å²) < 4.78 is 0. The Labute approximate surface area is 95.6 Å². The molecule has 1 N–H and O–H groups in total. The van der Waals surface area contributed by atoms with Crippen molar-refractivity contribution in [1.29, 1.82) is 0 Å². The Balaban J connectivity index is 1.92. The molecule has 0 radical (unpaired) electrons. The number of hydrogen-bond donors (Lipinski definition) is 1. The van der Waals surface area contributed by atoms with E-state index in [9.17, 15) is 0 Å². The van der Waals surface area contributed by atoms with Crippen molar-refractivity contribution in [2.45, 2.75) is 19.4 Å². The van der Waals surface area contributed by atoms with Crippen molar-refractivity contribution in [1.82, 2.24) is 9.97 Å². The van der Waals surface area contributed by atoms with Crippen LogP contribution in [0.1, 0.15) is 12.5 Å². The number of rotatable bonds is 4. The Kier molecular flexibility index (Phi) is 3.49. The van der Waals surface area contributed by atoms with Crippen molar-refractivity contribution < 1.29 is 0 Å². The van der Waals surface area contributed by atoms with Crippen molar-refractivity contribution in [2.24, 2.45) is 0 Å². The van der Waals surface area contributed by atoms with Crippen LogP contribution >= 0.6 is 0 Å². The minimum Gasteiger partial charge on any atom is -0.351 e. The van der Waals surface area contributed by atoms with Crippen molar-refractivity contribution >= 4 is 5.95 Å². The maximum atomic E-state index is 4.14. The van der Waals surface area contributed by atoms with Crippen LogP contribution in [0.3, 0.4) is 0 Å². The van der Waals surface area contributed by atoms with Gasteiger partial charge in [0, 0.05) is 18.4 Å². The van der Waals surface area contributed by atoms with Crippen LogP contribution in [0, 0.1) is 0 Å². The predicted molar refractivity (Wildman–Crippen MR) is 65.3 cm³/mol. The van der Waals surface area contributed by atoms with E-state index in [1.807, 2.05) is 12.1 Å². The molecular weight excluding hydrogens is 198 g/mol. The molecule has 1 atom stereocenters. The first-order valence-corrected chi connectivity index (χ1v) is 5.42. The molecule has 1 aromatic heterocycles. The maximum Gasteiger partial charge on any atom is 0.222 e. The van der Waals surface area contributed by atoms with Gasteiger partial charge in [0.1, 0.15) is 0 Å². The van der Waals surface area contributed by atoms with Gasteiger partial charge in [0.15, 0.2) is 0 Å². The summed E-state index contributed by atoms with van der Waals surface area (Å²) in [5.74, 6) is 0.686. The molecule has 0 aliphatic rings. The third kappa shape index (κ3) is 3.05. The minimum atomic E-state index is 0.324. The van der Waals surface area contributed by atoms with E-state index in [2.05, 4.69) is 46.5 Å². The van der Waals surface area contributed by atoms with Gasteiger partial charge in [0.2, 0.25) is 5.95 Å². The van der Waals surface area contributed by atoms with Crippen LogP contribution in [0.5, 0.6) is 0 Å². The lowest BCUT2D eigenvalue weighted by atomic mass is 10.1. The quantitative estimate of drug-likeness (QED) is 0.848. The second kappa shape index (κ2) is 5.26. The topological polar surface area (TPSA) is 37.8 Å². The Morgan fingerprint density at radius 3 is 2.44 bits per heavy atom. The van der Waals surface area contributed by atoms with E-state index in [0.29, 0.717) is 12.0 Å². The van der Waals surface area contributed by atoms with E-state index in [-0.39, 0.29) is 0 Å². The fourth-order valence-corrected chi connectivity index (χ4v) is 1.61. The van der Waals surface area contributed by atoms with Gasteiger partial charge in [-0.05, 0) is 25.0 Å². The first kappa shape index (κ1) is 10.6. The lowest BCUT2D eigenvalue weighted by molar-refractivity contribution is 0.777. The molecule has 0 amide bonds. The molecule has 2 aromatic rings. The fourth-order valence-electron chi connectivity index (χ4n) is 1.61. The summed E-state index contributed by atoms with van der Waals surface area (Å²) >= 11 is 0. The van der Waals surface area contributed by atoms with Crippen molar-refractivity contribution in [3.8, 4) is 0 Å². The Morgan fingerprint density at radius 2 is 1.75 bits per heavy atom. The van der Waals surface area contributed by atoms with Gasteiger partial charge in [-0.15, -0.1) is 0 Å². The van der Waals surface area contributed by atoms with E-state index >= 15 is 0 Å². The Hall–Kier alpha value is -1.90. The van der Waals surface area contributed by atoms with Crippen LogP contribution in [0.2, 0.25) is 0 Å². The lowest BCUT2D eigenvalue weighted by Crippen LogP contribution is -2.19. The van der Waals surface area contributed by atoms with Gasteiger partial charge in [-0.25, -0.2) is 9.97 Å². The zero-order valence-corrected chi connectivity index (χ0v) is 9.30. The van der Waals surface area contributed by atoms with E-state index in [1.165, 1.54) is 5.56 Å². The van der Waals surface area contributed by atoms with Crippen molar-refractivity contribution in [3.05, 3.63) is 54.4 Å². The zero-order chi connectivity index (χ0) is 11.2. The molecule has 1 heterocycles. The molecular formula is C13H15N3. The number of aromatic nitrogens is 2. The number of hydrogen-bond acceptors (Lipinski definition) is 3. The van der Waals surface area contributed by atoms with Gasteiger partial charge in [0.25, 0.3) is 0 Å². The molecule has 0 aliphatic heterocycles. The molecule has 2 rings (SSSR count). The Bertz CT molecular complexity index is 372. The van der Waals surface area contributed by atoms with Gasteiger partial charge in [-0.1, -0.05) is 30.3 Å². The molecule has 16 heavy (non-hydrogen) atoms. The average molecular weight is 213 g/mol. The summed E-state index contributed by atoms with van der Waals surface area (Å²) in [5.41, 5.74) is 1.32.